The van der Waals surface area contributed by atoms with E-state index >= 15 is 0 Å². The van der Waals surface area contributed by atoms with E-state index in [4.69, 9.17) is 11.6 Å². The number of piperidine rings is 1. The highest BCUT2D eigenvalue weighted by atomic mass is 79.9. The number of likely N-dealkylation sites (tertiary alicyclic amines) is 1. The van der Waals surface area contributed by atoms with Crippen molar-refractivity contribution in [3.8, 4) is 0 Å². The highest BCUT2D eigenvalue weighted by molar-refractivity contribution is 9.10. The molecule has 110 valence electrons. The number of benzene rings is 1. The van der Waals surface area contributed by atoms with Gasteiger partial charge in [0, 0.05) is 22.6 Å². The zero-order valence-corrected chi connectivity index (χ0v) is 14.4. The van der Waals surface area contributed by atoms with E-state index in [1.807, 2.05) is 11.0 Å². The lowest BCUT2D eigenvalue weighted by Gasteiger charge is -2.41. The van der Waals surface area contributed by atoms with Crippen LogP contribution in [0.25, 0.3) is 0 Å². The summed E-state index contributed by atoms with van der Waals surface area (Å²) in [6.07, 6.45) is 4.60. The lowest BCUT2D eigenvalue weighted by atomic mass is 9.74. The van der Waals surface area contributed by atoms with Gasteiger partial charge in [-0.3, -0.25) is 4.79 Å². The van der Waals surface area contributed by atoms with Gasteiger partial charge in [0.25, 0.3) is 5.91 Å². The minimum Gasteiger partial charge on any atom is -0.339 e. The Kier molecular flexibility index (Phi) is 5.14. The zero-order chi connectivity index (χ0) is 14.8. The minimum absolute atomic E-state index is 0.0835. The van der Waals surface area contributed by atoms with Crippen LogP contribution in [0, 0.1) is 5.41 Å². The van der Waals surface area contributed by atoms with Crippen LogP contribution < -0.4 is 0 Å². The fraction of sp³-hybridized carbons (Fsp3) is 0.562. The molecule has 1 fully saturated rings. The molecule has 0 bridgehead atoms. The number of hydrogen-bond acceptors (Lipinski definition) is 1. The molecule has 0 unspecified atom stereocenters. The fourth-order valence-electron chi connectivity index (χ4n) is 2.97. The van der Waals surface area contributed by atoms with Gasteiger partial charge in [0.2, 0.25) is 0 Å². The van der Waals surface area contributed by atoms with E-state index in [2.05, 4.69) is 29.8 Å². The predicted molar refractivity (Wildman–Crippen MR) is 87.3 cm³/mol. The first-order valence-corrected chi connectivity index (χ1v) is 8.43. The van der Waals surface area contributed by atoms with E-state index in [9.17, 15) is 4.79 Å². The molecule has 1 aliphatic heterocycles. The number of carbonyl (C=O) groups is 1. The first-order valence-electron chi connectivity index (χ1n) is 7.25. The molecule has 0 N–H and O–H groups in total. The van der Waals surface area contributed by atoms with Gasteiger partial charge in [0.15, 0.2) is 0 Å². The molecule has 1 aromatic carbocycles. The molecule has 2 nitrogen and oxygen atoms in total. The lowest BCUT2D eigenvalue weighted by Crippen LogP contribution is -2.42. The summed E-state index contributed by atoms with van der Waals surface area (Å²) in [5.41, 5.74) is 1.10. The zero-order valence-electron chi connectivity index (χ0n) is 12.1. The molecule has 1 heterocycles. The van der Waals surface area contributed by atoms with Gasteiger partial charge in [-0.15, -0.1) is 0 Å². The van der Waals surface area contributed by atoms with Gasteiger partial charge in [-0.2, -0.15) is 0 Å². The van der Waals surface area contributed by atoms with Crippen LogP contribution in [-0.4, -0.2) is 23.9 Å². The maximum atomic E-state index is 12.6. The Balaban J connectivity index is 2.10. The highest BCUT2D eigenvalue weighted by Crippen LogP contribution is 2.38. The van der Waals surface area contributed by atoms with E-state index in [-0.39, 0.29) is 5.91 Å². The van der Waals surface area contributed by atoms with Crippen molar-refractivity contribution in [1.82, 2.24) is 4.90 Å². The Morgan fingerprint density at radius 3 is 2.45 bits per heavy atom. The summed E-state index contributed by atoms with van der Waals surface area (Å²) in [5.74, 6) is 0.0835. The van der Waals surface area contributed by atoms with Gasteiger partial charge in [0.1, 0.15) is 0 Å². The average Bonchev–Trinajstić information content (AvgIpc) is 2.49. The molecule has 0 aliphatic carbocycles. The second-order valence-corrected chi connectivity index (χ2v) is 6.91. The fourth-order valence-corrected chi connectivity index (χ4v) is 3.56. The summed E-state index contributed by atoms with van der Waals surface area (Å²) in [4.78, 5) is 14.6. The first kappa shape index (κ1) is 15.8. The molecular weight excluding hydrogens is 338 g/mol. The molecule has 0 aromatic heterocycles. The second kappa shape index (κ2) is 6.48. The SMILES string of the molecule is CCC1(CC)CCN(C(=O)c2cc(Cl)ccc2Br)CC1. The van der Waals surface area contributed by atoms with Crippen molar-refractivity contribution in [2.24, 2.45) is 5.41 Å². The van der Waals surface area contributed by atoms with E-state index in [0.29, 0.717) is 16.0 Å². The molecule has 0 saturated carbocycles. The smallest absolute Gasteiger partial charge is 0.255 e. The third kappa shape index (κ3) is 3.20. The molecule has 1 amide bonds. The molecule has 0 radical (unpaired) electrons. The van der Waals surface area contributed by atoms with E-state index < -0.39 is 0 Å². The van der Waals surface area contributed by atoms with Gasteiger partial charge in [-0.05, 0) is 52.4 Å². The van der Waals surface area contributed by atoms with Crippen LogP contribution >= 0.6 is 27.5 Å². The Morgan fingerprint density at radius 2 is 1.90 bits per heavy atom. The normalized spacial score (nSPS) is 18.1. The number of hydrogen-bond donors (Lipinski definition) is 0. The van der Waals surface area contributed by atoms with Crippen molar-refractivity contribution in [2.45, 2.75) is 39.5 Å². The Bertz CT molecular complexity index is 489. The summed E-state index contributed by atoms with van der Waals surface area (Å²) in [6.45, 7) is 6.21. The first-order chi connectivity index (χ1) is 9.51. The molecule has 1 aromatic rings. The molecule has 20 heavy (non-hydrogen) atoms. The summed E-state index contributed by atoms with van der Waals surface area (Å²) < 4.78 is 0.815. The van der Waals surface area contributed by atoms with Gasteiger partial charge in [-0.25, -0.2) is 0 Å². The molecule has 1 aliphatic rings. The van der Waals surface area contributed by atoms with Crippen LogP contribution in [0.3, 0.4) is 0 Å². The third-order valence-electron chi connectivity index (χ3n) is 4.77. The maximum Gasteiger partial charge on any atom is 0.255 e. The topological polar surface area (TPSA) is 20.3 Å². The van der Waals surface area contributed by atoms with Gasteiger partial charge >= 0.3 is 0 Å². The largest absolute Gasteiger partial charge is 0.339 e. The van der Waals surface area contributed by atoms with Crippen LogP contribution in [0.5, 0.6) is 0 Å². The van der Waals surface area contributed by atoms with Crippen molar-refractivity contribution in [3.63, 3.8) is 0 Å². The van der Waals surface area contributed by atoms with E-state index in [0.717, 1.165) is 30.4 Å². The average molecular weight is 359 g/mol. The standard InChI is InChI=1S/C16H21BrClNO/c1-3-16(4-2)7-9-19(10-8-16)15(20)13-11-12(18)5-6-14(13)17/h5-6,11H,3-4,7-10H2,1-2H3. The quantitative estimate of drug-likeness (QED) is 0.732. The summed E-state index contributed by atoms with van der Waals surface area (Å²) in [7, 11) is 0. The molecule has 0 atom stereocenters. The Labute approximate surface area is 134 Å². The number of amides is 1. The summed E-state index contributed by atoms with van der Waals surface area (Å²) in [6, 6.07) is 5.37. The molecule has 0 spiro atoms. The van der Waals surface area contributed by atoms with Crippen molar-refractivity contribution >= 4 is 33.4 Å². The number of halogens is 2. The third-order valence-corrected chi connectivity index (χ3v) is 5.70. The van der Waals surface area contributed by atoms with Crippen LogP contribution in [-0.2, 0) is 0 Å². The van der Waals surface area contributed by atoms with Crippen LogP contribution in [0.1, 0.15) is 49.9 Å². The maximum absolute atomic E-state index is 12.6. The van der Waals surface area contributed by atoms with Crippen molar-refractivity contribution in [2.75, 3.05) is 13.1 Å². The van der Waals surface area contributed by atoms with Crippen molar-refractivity contribution in [1.29, 1.82) is 0 Å². The Hall–Kier alpha value is -0.540. The molecular formula is C16H21BrClNO. The van der Waals surface area contributed by atoms with E-state index in [1.165, 1.54) is 12.8 Å². The van der Waals surface area contributed by atoms with Gasteiger partial charge < -0.3 is 4.90 Å². The molecule has 2 rings (SSSR count). The predicted octanol–water partition coefficient (Wildman–Crippen LogP) is 5.14. The summed E-state index contributed by atoms with van der Waals surface area (Å²) >= 11 is 9.44. The number of nitrogens with zero attached hydrogens (tertiary/aromatic N) is 1. The second-order valence-electron chi connectivity index (χ2n) is 5.62. The number of carbonyl (C=O) groups excluding carboxylic acids is 1. The number of rotatable bonds is 3. The monoisotopic (exact) mass is 357 g/mol. The Morgan fingerprint density at radius 1 is 1.30 bits per heavy atom. The van der Waals surface area contributed by atoms with Crippen molar-refractivity contribution in [3.05, 3.63) is 33.3 Å². The van der Waals surface area contributed by atoms with Gasteiger partial charge in [-0.1, -0.05) is 38.3 Å². The van der Waals surface area contributed by atoms with E-state index in [1.54, 1.807) is 12.1 Å². The van der Waals surface area contributed by atoms with Gasteiger partial charge in [0.05, 0.1) is 5.56 Å². The summed E-state index contributed by atoms with van der Waals surface area (Å²) in [5, 5.41) is 0.602. The van der Waals surface area contributed by atoms with Crippen LogP contribution in [0.4, 0.5) is 0 Å². The van der Waals surface area contributed by atoms with Crippen molar-refractivity contribution < 1.29 is 4.79 Å². The van der Waals surface area contributed by atoms with Crippen LogP contribution in [0.2, 0.25) is 5.02 Å². The lowest BCUT2D eigenvalue weighted by molar-refractivity contribution is 0.0557. The molecule has 4 heteroatoms. The molecule has 1 saturated heterocycles. The van der Waals surface area contributed by atoms with Crippen LogP contribution in [0.15, 0.2) is 22.7 Å². The minimum atomic E-state index is 0.0835. The highest BCUT2D eigenvalue weighted by Gasteiger charge is 2.33.